The van der Waals surface area contributed by atoms with Crippen LogP contribution in [0.15, 0.2) is 18.3 Å². The number of halogens is 1. The van der Waals surface area contributed by atoms with Crippen molar-refractivity contribution in [3.63, 3.8) is 0 Å². The average Bonchev–Trinajstić information content (AvgIpc) is 3.08. The zero-order valence-corrected chi connectivity index (χ0v) is 18.9. The molecule has 0 unspecified atom stereocenters. The number of rotatable bonds is 2. The molecule has 0 bridgehead atoms. The number of hydrogen-bond donors (Lipinski definition) is 2. The summed E-state index contributed by atoms with van der Waals surface area (Å²) >= 11 is 7.48. The van der Waals surface area contributed by atoms with E-state index in [1.165, 1.54) is 17.5 Å². The molecule has 2 aliphatic rings. The first kappa shape index (κ1) is 20.1. The Morgan fingerprint density at radius 1 is 1.15 bits per heavy atom. The van der Waals surface area contributed by atoms with E-state index < -0.39 is 0 Å². The molecule has 0 fully saturated rings. The molecule has 0 spiro atoms. The van der Waals surface area contributed by atoms with Crippen molar-refractivity contribution in [1.82, 2.24) is 30.2 Å². The van der Waals surface area contributed by atoms with E-state index in [1.54, 1.807) is 11.9 Å². The normalized spacial score (nSPS) is 15.6. The Labute approximate surface area is 196 Å². The number of anilines is 1. The molecule has 4 aromatic rings. The van der Waals surface area contributed by atoms with Crippen LogP contribution in [-0.2, 0) is 6.42 Å². The van der Waals surface area contributed by atoms with E-state index in [1.807, 2.05) is 12.1 Å². The second-order valence-electron chi connectivity index (χ2n) is 7.70. The highest BCUT2D eigenvalue weighted by molar-refractivity contribution is 7.21. The highest BCUT2D eigenvalue weighted by Crippen LogP contribution is 2.40. The summed E-state index contributed by atoms with van der Waals surface area (Å²) in [4.78, 5) is 44.8. The van der Waals surface area contributed by atoms with Crippen molar-refractivity contribution in [3.05, 3.63) is 39.7 Å². The van der Waals surface area contributed by atoms with Crippen LogP contribution >= 0.6 is 22.9 Å². The van der Waals surface area contributed by atoms with Gasteiger partial charge in [-0.15, -0.1) is 11.3 Å². The van der Waals surface area contributed by atoms with Gasteiger partial charge in [0.1, 0.15) is 10.4 Å². The van der Waals surface area contributed by atoms with Crippen LogP contribution in [0.2, 0.25) is 5.28 Å². The van der Waals surface area contributed by atoms with Gasteiger partial charge in [-0.1, -0.05) is 0 Å². The van der Waals surface area contributed by atoms with Gasteiger partial charge in [0.15, 0.2) is 0 Å². The molecule has 0 aliphatic carbocycles. The van der Waals surface area contributed by atoms with Crippen LogP contribution in [0, 0.1) is 0 Å². The van der Waals surface area contributed by atoms with E-state index in [0.29, 0.717) is 47.7 Å². The molecular weight excluding hydrogens is 466 g/mol. The van der Waals surface area contributed by atoms with Crippen LogP contribution in [-0.4, -0.2) is 63.3 Å². The summed E-state index contributed by atoms with van der Waals surface area (Å²) in [5.41, 5.74) is 2.84. The van der Waals surface area contributed by atoms with Crippen LogP contribution in [0.5, 0.6) is 11.8 Å². The molecule has 12 heteroatoms. The van der Waals surface area contributed by atoms with Gasteiger partial charge in [-0.2, -0.15) is 4.98 Å². The van der Waals surface area contributed by atoms with Gasteiger partial charge in [0.25, 0.3) is 11.8 Å². The van der Waals surface area contributed by atoms with Crippen molar-refractivity contribution < 1.29 is 14.3 Å². The number of amides is 2. The summed E-state index contributed by atoms with van der Waals surface area (Å²) in [5, 5.41) is 7.06. The van der Waals surface area contributed by atoms with Crippen molar-refractivity contribution in [2.45, 2.75) is 6.42 Å². The van der Waals surface area contributed by atoms with Gasteiger partial charge in [0.2, 0.25) is 17.0 Å². The SMILES string of the molecule is CN1CCc2nc(Cl)nc(Oc3cnc4c(ccc5sc6c(c54)NCCNC6=O)n3)c2C1=O. The molecule has 10 nitrogen and oxygen atoms in total. The highest BCUT2D eigenvalue weighted by atomic mass is 35.5. The fourth-order valence-electron chi connectivity index (χ4n) is 4.06. The molecule has 5 heterocycles. The van der Waals surface area contributed by atoms with Gasteiger partial charge in [0.05, 0.1) is 28.6 Å². The number of fused-ring (bicyclic) bond motifs is 6. The van der Waals surface area contributed by atoms with E-state index in [-0.39, 0.29) is 34.4 Å². The Balaban J connectivity index is 1.45. The maximum Gasteiger partial charge on any atom is 0.263 e. The number of hydrogen-bond acceptors (Lipinski definition) is 9. The molecule has 0 atom stereocenters. The molecular formula is C21H16ClN7O3S. The number of carbonyl (C=O) groups is 2. The minimum absolute atomic E-state index is 0.00174. The molecule has 3 aromatic heterocycles. The van der Waals surface area contributed by atoms with Crippen molar-refractivity contribution in [2.24, 2.45) is 0 Å². The number of ether oxygens (including phenoxy) is 1. The van der Waals surface area contributed by atoms with Crippen LogP contribution in [0.4, 0.5) is 5.69 Å². The fourth-order valence-corrected chi connectivity index (χ4v) is 5.34. The van der Waals surface area contributed by atoms with E-state index in [0.717, 1.165) is 15.8 Å². The third-order valence-corrected chi connectivity index (χ3v) is 6.95. The topological polar surface area (TPSA) is 122 Å². The van der Waals surface area contributed by atoms with Crippen LogP contribution in [0.3, 0.4) is 0 Å². The lowest BCUT2D eigenvalue weighted by Gasteiger charge is -2.24. The summed E-state index contributed by atoms with van der Waals surface area (Å²) < 4.78 is 6.83. The third kappa shape index (κ3) is 3.23. The Hall–Kier alpha value is -3.57. The Morgan fingerprint density at radius 3 is 2.88 bits per heavy atom. The minimum atomic E-state index is -0.233. The van der Waals surface area contributed by atoms with E-state index >= 15 is 0 Å². The van der Waals surface area contributed by atoms with E-state index in [9.17, 15) is 9.59 Å². The first-order valence-electron chi connectivity index (χ1n) is 10.2. The van der Waals surface area contributed by atoms with E-state index in [2.05, 4.69) is 30.6 Å². The monoisotopic (exact) mass is 481 g/mol. The molecule has 166 valence electrons. The number of benzene rings is 1. The largest absolute Gasteiger partial charge is 0.418 e. The molecule has 2 amide bonds. The second kappa shape index (κ2) is 7.49. The number of nitrogens with one attached hydrogen (secondary N) is 2. The number of nitrogens with zero attached hydrogens (tertiary/aromatic N) is 5. The predicted octanol–water partition coefficient (Wildman–Crippen LogP) is 2.86. The summed E-state index contributed by atoms with van der Waals surface area (Å²) in [7, 11) is 1.71. The lowest BCUT2D eigenvalue weighted by Crippen LogP contribution is -2.35. The van der Waals surface area contributed by atoms with Gasteiger partial charge < -0.3 is 20.3 Å². The minimum Gasteiger partial charge on any atom is -0.418 e. The van der Waals surface area contributed by atoms with Crippen LogP contribution in [0.25, 0.3) is 21.1 Å². The standard InChI is InChI=1S/C21H16ClN7O3S/c1-29-7-4-9-13(20(29)31)19(28-21(22)27-9)32-12-8-25-15-10(26-12)2-3-11-14(15)16-17(33-11)18(30)24-6-5-23-16/h2-3,8,23H,4-7H2,1H3,(H,24,30). The van der Waals surface area contributed by atoms with Gasteiger partial charge in [-0.3, -0.25) is 9.59 Å². The zero-order chi connectivity index (χ0) is 22.7. The lowest BCUT2D eigenvalue weighted by molar-refractivity contribution is 0.0774. The van der Waals surface area contributed by atoms with Gasteiger partial charge in [0, 0.05) is 43.2 Å². The summed E-state index contributed by atoms with van der Waals surface area (Å²) in [6.45, 7) is 1.72. The van der Waals surface area contributed by atoms with Gasteiger partial charge in [-0.05, 0) is 23.7 Å². The smallest absolute Gasteiger partial charge is 0.263 e. The molecule has 2 N–H and O–H groups in total. The van der Waals surface area contributed by atoms with Crippen molar-refractivity contribution in [3.8, 4) is 11.8 Å². The Kier molecular flexibility index (Phi) is 4.56. The zero-order valence-electron chi connectivity index (χ0n) is 17.3. The lowest BCUT2D eigenvalue weighted by atomic mass is 10.1. The number of carbonyl (C=O) groups excluding carboxylic acids is 2. The summed E-state index contributed by atoms with van der Waals surface area (Å²) in [5.74, 6) is -0.105. The summed E-state index contributed by atoms with van der Waals surface area (Å²) in [6, 6.07) is 3.73. The Bertz CT molecular complexity index is 1490. The predicted molar refractivity (Wildman–Crippen MR) is 124 cm³/mol. The van der Waals surface area contributed by atoms with Crippen molar-refractivity contribution >= 4 is 61.6 Å². The maximum absolute atomic E-state index is 12.7. The van der Waals surface area contributed by atoms with Gasteiger partial charge >= 0.3 is 0 Å². The fraction of sp³-hybridized carbons (Fsp3) is 0.238. The maximum atomic E-state index is 12.7. The molecule has 0 radical (unpaired) electrons. The van der Waals surface area contributed by atoms with Crippen molar-refractivity contribution in [1.29, 1.82) is 0 Å². The van der Waals surface area contributed by atoms with Crippen molar-refractivity contribution in [2.75, 3.05) is 32.0 Å². The number of thiophene rings is 1. The quantitative estimate of drug-likeness (QED) is 0.419. The van der Waals surface area contributed by atoms with Crippen LogP contribution in [0.1, 0.15) is 25.7 Å². The average molecular weight is 482 g/mol. The van der Waals surface area contributed by atoms with Crippen LogP contribution < -0.4 is 15.4 Å². The summed E-state index contributed by atoms with van der Waals surface area (Å²) in [6.07, 6.45) is 2.03. The first-order valence-corrected chi connectivity index (χ1v) is 11.4. The molecule has 0 saturated heterocycles. The molecule has 6 rings (SSSR count). The first-order chi connectivity index (χ1) is 16.0. The Morgan fingerprint density at radius 2 is 2.00 bits per heavy atom. The molecule has 33 heavy (non-hydrogen) atoms. The molecule has 0 saturated carbocycles. The van der Waals surface area contributed by atoms with E-state index in [4.69, 9.17) is 16.3 Å². The van der Waals surface area contributed by atoms with Gasteiger partial charge in [-0.25, -0.2) is 15.0 Å². The number of likely N-dealkylation sites (N-methyl/N-ethyl adjacent to an activating group) is 1. The molecule has 2 aliphatic heterocycles. The number of aromatic nitrogens is 4. The molecule has 1 aromatic carbocycles. The second-order valence-corrected chi connectivity index (χ2v) is 9.09. The third-order valence-electron chi connectivity index (χ3n) is 5.63. The highest BCUT2D eigenvalue weighted by Gasteiger charge is 2.29.